The molecule has 0 radical (unpaired) electrons. The molecule has 2 aliphatic rings. The maximum atomic E-state index is 12.8. The maximum Gasteiger partial charge on any atom is 0.325 e. The lowest BCUT2D eigenvalue weighted by atomic mass is 9.90. The molecular weight excluding hydrogens is 354 g/mol. The highest BCUT2D eigenvalue weighted by Crippen LogP contribution is 2.32. The van der Waals surface area contributed by atoms with Gasteiger partial charge in [0.25, 0.3) is 5.91 Å². The molecule has 1 aliphatic heterocycles. The van der Waals surface area contributed by atoms with Crippen molar-refractivity contribution >= 4 is 29.4 Å². The largest absolute Gasteiger partial charge is 0.354 e. The summed E-state index contributed by atoms with van der Waals surface area (Å²) in [5.41, 5.74) is 0.222. The smallest absolute Gasteiger partial charge is 0.325 e. The molecular formula is C19H24ClN3O3. The Balaban J connectivity index is 1.52. The second-order valence-corrected chi connectivity index (χ2v) is 7.48. The van der Waals surface area contributed by atoms with Gasteiger partial charge in [0.15, 0.2) is 0 Å². The molecule has 4 amide bonds. The summed E-state index contributed by atoms with van der Waals surface area (Å²) in [5, 5.41) is 6.27. The van der Waals surface area contributed by atoms with E-state index < -0.39 is 11.6 Å². The van der Waals surface area contributed by atoms with Crippen LogP contribution in [-0.4, -0.2) is 41.4 Å². The second-order valence-electron chi connectivity index (χ2n) is 7.05. The third kappa shape index (κ3) is 4.18. The molecule has 0 unspecified atom stereocenters. The summed E-state index contributed by atoms with van der Waals surface area (Å²) < 4.78 is 0. The number of benzene rings is 1. The summed E-state index contributed by atoms with van der Waals surface area (Å²) in [6.45, 7) is 0.190. The number of carbonyl (C=O) groups excluding carboxylic acids is 3. The summed E-state index contributed by atoms with van der Waals surface area (Å²) in [4.78, 5) is 38.2. The van der Waals surface area contributed by atoms with Crippen molar-refractivity contribution in [1.82, 2.24) is 15.5 Å². The lowest BCUT2D eigenvalue weighted by Crippen LogP contribution is -2.47. The zero-order chi connectivity index (χ0) is 18.6. The van der Waals surface area contributed by atoms with Gasteiger partial charge in [-0.2, -0.15) is 0 Å². The van der Waals surface area contributed by atoms with E-state index >= 15 is 0 Å². The van der Waals surface area contributed by atoms with Crippen molar-refractivity contribution in [3.8, 4) is 0 Å². The first-order valence-corrected chi connectivity index (χ1v) is 9.53. The summed E-state index contributed by atoms with van der Waals surface area (Å²) in [5.74, 6) is -0.587. The molecule has 1 saturated carbocycles. The van der Waals surface area contributed by atoms with Crippen LogP contribution in [0.25, 0.3) is 0 Å². The van der Waals surface area contributed by atoms with Crippen LogP contribution in [0.15, 0.2) is 24.3 Å². The van der Waals surface area contributed by atoms with Crippen LogP contribution in [0, 0.1) is 0 Å². The number of hydrogen-bond acceptors (Lipinski definition) is 3. The van der Waals surface area contributed by atoms with E-state index in [1.54, 1.807) is 6.07 Å². The van der Waals surface area contributed by atoms with Gasteiger partial charge < -0.3 is 10.6 Å². The molecule has 26 heavy (non-hydrogen) atoms. The molecule has 0 bridgehead atoms. The van der Waals surface area contributed by atoms with Gasteiger partial charge in [-0.05, 0) is 37.0 Å². The highest BCUT2D eigenvalue weighted by molar-refractivity contribution is 6.30. The van der Waals surface area contributed by atoms with Gasteiger partial charge >= 0.3 is 6.03 Å². The summed E-state index contributed by atoms with van der Waals surface area (Å²) in [7, 11) is 0. The molecule has 7 heteroatoms. The van der Waals surface area contributed by atoms with Crippen molar-refractivity contribution in [3.05, 3.63) is 34.9 Å². The van der Waals surface area contributed by atoms with Crippen molar-refractivity contribution in [2.75, 3.05) is 13.1 Å². The highest BCUT2D eigenvalue weighted by Gasteiger charge is 2.50. The third-order valence-corrected chi connectivity index (χ3v) is 5.36. The number of nitrogens with zero attached hydrogens (tertiary/aromatic N) is 1. The highest BCUT2D eigenvalue weighted by atomic mass is 35.5. The molecule has 1 aromatic rings. The number of amides is 4. The lowest BCUT2D eigenvalue weighted by Gasteiger charge is -2.24. The Morgan fingerprint density at radius 2 is 1.92 bits per heavy atom. The molecule has 1 saturated heterocycles. The van der Waals surface area contributed by atoms with E-state index in [0.29, 0.717) is 30.8 Å². The van der Waals surface area contributed by atoms with E-state index in [1.807, 2.05) is 18.2 Å². The van der Waals surface area contributed by atoms with Crippen LogP contribution in [0.3, 0.4) is 0 Å². The molecule has 3 rings (SSSR count). The van der Waals surface area contributed by atoms with Gasteiger partial charge in [-0.1, -0.05) is 49.4 Å². The average Bonchev–Trinajstić information content (AvgIpc) is 2.77. The molecule has 2 N–H and O–H groups in total. The van der Waals surface area contributed by atoms with Crippen molar-refractivity contribution in [2.24, 2.45) is 0 Å². The fraction of sp³-hybridized carbons (Fsp3) is 0.526. The Labute approximate surface area is 158 Å². The molecule has 0 atom stereocenters. The number of imide groups is 1. The van der Waals surface area contributed by atoms with Crippen LogP contribution in [-0.2, 0) is 16.0 Å². The minimum absolute atomic E-state index is 0.234. The second kappa shape index (κ2) is 8.08. The monoisotopic (exact) mass is 377 g/mol. The molecule has 1 aliphatic carbocycles. The van der Waals surface area contributed by atoms with Crippen molar-refractivity contribution in [3.63, 3.8) is 0 Å². The van der Waals surface area contributed by atoms with Gasteiger partial charge in [0.05, 0.1) is 0 Å². The fourth-order valence-corrected chi connectivity index (χ4v) is 3.94. The van der Waals surface area contributed by atoms with Crippen molar-refractivity contribution < 1.29 is 14.4 Å². The quantitative estimate of drug-likeness (QED) is 0.774. The van der Waals surface area contributed by atoms with Gasteiger partial charge in [-0.3, -0.25) is 14.5 Å². The Morgan fingerprint density at radius 1 is 1.19 bits per heavy atom. The topological polar surface area (TPSA) is 78.5 Å². The first-order chi connectivity index (χ1) is 12.5. The van der Waals surface area contributed by atoms with Crippen molar-refractivity contribution in [1.29, 1.82) is 0 Å². The standard InChI is InChI=1S/C19H24ClN3O3/c20-15-7-5-6-14(12-15)8-11-21-16(24)13-23-17(25)19(22-18(23)26)9-3-1-2-4-10-19/h5-7,12H,1-4,8-11,13H2,(H,21,24)(H,22,26). The molecule has 1 aromatic carbocycles. The molecule has 2 fully saturated rings. The van der Waals surface area contributed by atoms with Crippen LogP contribution in [0.2, 0.25) is 5.02 Å². The number of urea groups is 1. The Kier molecular flexibility index (Phi) is 5.81. The minimum Gasteiger partial charge on any atom is -0.354 e. The minimum atomic E-state index is -0.797. The van der Waals surface area contributed by atoms with Crippen LogP contribution in [0.4, 0.5) is 4.79 Å². The zero-order valence-corrected chi connectivity index (χ0v) is 15.5. The number of hydrogen-bond donors (Lipinski definition) is 2. The number of halogens is 1. The molecule has 1 heterocycles. The summed E-state index contributed by atoms with van der Waals surface area (Å²) >= 11 is 5.94. The molecule has 0 aromatic heterocycles. The molecule has 140 valence electrons. The van der Waals surface area contributed by atoms with Crippen LogP contribution < -0.4 is 10.6 Å². The van der Waals surface area contributed by atoms with Gasteiger partial charge in [0.1, 0.15) is 12.1 Å². The van der Waals surface area contributed by atoms with Gasteiger partial charge in [0.2, 0.25) is 5.91 Å². The maximum absolute atomic E-state index is 12.8. The van der Waals surface area contributed by atoms with E-state index in [4.69, 9.17) is 11.6 Å². The van der Waals surface area contributed by atoms with Crippen LogP contribution in [0.5, 0.6) is 0 Å². The van der Waals surface area contributed by atoms with Crippen LogP contribution in [0.1, 0.15) is 44.1 Å². The summed E-state index contributed by atoms with van der Waals surface area (Å²) in [6.07, 6.45) is 5.95. The first kappa shape index (κ1) is 18.7. The Hall–Kier alpha value is -2.08. The average molecular weight is 378 g/mol. The SMILES string of the molecule is O=C(CN1C(=O)NC2(CCCCCC2)C1=O)NCCc1cccc(Cl)c1. The number of rotatable bonds is 5. The van der Waals surface area contributed by atoms with E-state index in [0.717, 1.165) is 36.1 Å². The zero-order valence-electron chi connectivity index (χ0n) is 14.7. The normalized spacial score (nSPS) is 19.3. The van der Waals surface area contributed by atoms with Crippen LogP contribution >= 0.6 is 11.6 Å². The first-order valence-electron chi connectivity index (χ1n) is 9.15. The number of carbonyl (C=O) groups is 3. The van der Waals surface area contributed by atoms with Gasteiger partial charge in [0, 0.05) is 11.6 Å². The molecule has 6 nitrogen and oxygen atoms in total. The Bertz CT molecular complexity index is 699. The Morgan fingerprint density at radius 3 is 2.62 bits per heavy atom. The predicted molar refractivity (Wildman–Crippen MR) is 98.8 cm³/mol. The van der Waals surface area contributed by atoms with Gasteiger partial charge in [-0.25, -0.2) is 4.79 Å². The van der Waals surface area contributed by atoms with E-state index in [2.05, 4.69) is 10.6 Å². The lowest BCUT2D eigenvalue weighted by molar-refractivity contribution is -0.135. The summed E-state index contributed by atoms with van der Waals surface area (Å²) in [6, 6.07) is 6.98. The third-order valence-electron chi connectivity index (χ3n) is 5.13. The van der Waals surface area contributed by atoms with Crippen molar-refractivity contribution in [2.45, 2.75) is 50.5 Å². The number of nitrogens with one attached hydrogen (secondary N) is 2. The van der Waals surface area contributed by atoms with E-state index in [-0.39, 0.29) is 18.4 Å². The van der Waals surface area contributed by atoms with E-state index in [1.165, 1.54) is 0 Å². The fourth-order valence-electron chi connectivity index (χ4n) is 3.73. The van der Waals surface area contributed by atoms with Gasteiger partial charge in [-0.15, -0.1) is 0 Å². The van der Waals surface area contributed by atoms with E-state index in [9.17, 15) is 14.4 Å². The predicted octanol–water partition coefficient (Wildman–Crippen LogP) is 2.64. The molecule has 1 spiro atoms.